The van der Waals surface area contributed by atoms with Gasteiger partial charge in [-0.15, -0.1) is 0 Å². The number of amides is 1. The van der Waals surface area contributed by atoms with E-state index in [2.05, 4.69) is 27.3 Å². The second kappa shape index (κ2) is 7.85. The van der Waals surface area contributed by atoms with Crippen LogP contribution in [0.4, 0.5) is 0 Å². The minimum absolute atomic E-state index is 0.0247. The zero-order valence-corrected chi connectivity index (χ0v) is 13.0. The Hall–Kier alpha value is -2.24. The van der Waals surface area contributed by atoms with Gasteiger partial charge in [0.05, 0.1) is 25.8 Å². The topological polar surface area (TPSA) is 54.5 Å². The van der Waals surface area contributed by atoms with Gasteiger partial charge in [-0.3, -0.25) is 14.7 Å². The molecule has 1 atom stereocenters. The number of rotatable bonds is 5. The Morgan fingerprint density at radius 1 is 1.26 bits per heavy atom. The molecule has 2 heterocycles. The minimum Gasteiger partial charge on any atom is -0.378 e. The average Bonchev–Trinajstić information content (AvgIpc) is 2.62. The van der Waals surface area contributed by atoms with Gasteiger partial charge in [0.25, 0.3) is 0 Å². The number of carbonyl (C=O) groups is 1. The molecule has 5 nitrogen and oxygen atoms in total. The van der Waals surface area contributed by atoms with Crippen LogP contribution in [-0.2, 0) is 16.1 Å². The molecule has 0 aliphatic carbocycles. The normalized spacial score (nSPS) is 18.5. The van der Waals surface area contributed by atoms with Crippen molar-refractivity contribution in [2.45, 2.75) is 12.6 Å². The van der Waals surface area contributed by atoms with Gasteiger partial charge in [-0.25, -0.2) is 0 Å². The van der Waals surface area contributed by atoms with Crippen LogP contribution in [0.25, 0.3) is 0 Å². The first kappa shape index (κ1) is 15.6. The van der Waals surface area contributed by atoms with Crippen LogP contribution in [0.3, 0.4) is 0 Å². The summed E-state index contributed by atoms with van der Waals surface area (Å²) in [6.07, 6.45) is 3.49. The zero-order valence-electron chi connectivity index (χ0n) is 13.0. The molecule has 1 fully saturated rings. The molecule has 0 bridgehead atoms. The van der Waals surface area contributed by atoms with Gasteiger partial charge in [-0.1, -0.05) is 36.4 Å². The Morgan fingerprint density at radius 3 is 2.91 bits per heavy atom. The summed E-state index contributed by atoms with van der Waals surface area (Å²) < 4.78 is 5.60. The fourth-order valence-electron chi connectivity index (χ4n) is 2.75. The molecule has 1 unspecified atom stereocenters. The van der Waals surface area contributed by atoms with Gasteiger partial charge >= 0.3 is 0 Å². The zero-order chi connectivity index (χ0) is 15.9. The smallest absolute Gasteiger partial charge is 0.234 e. The van der Waals surface area contributed by atoms with Gasteiger partial charge in [0, 0.05) is 25.5 Å². The first-order chi connectivity index (χ1) is 11.3. The SMILES string of the molecule is O=C(CN1CCOCC1c1ccccc1)NCc1cccnc1. The van der Waals surface area contributed by atoms with Crippen LogP contribution in [0.1, 0.15) is 17.2 Å². The molecule has 1 aliphatic heterocycles. The van der Waals surface area contributed by atoms with E-state index in [0.717, 1.165) is 12.1 Å². The van der Waals surface area contributed by atoms with E-state index < -0.39 is 0 Å². The van der Waals surface area contributed by atoms with E-state index in [0.29, 0.717) is 26.3 Å². The monoisotopic (exact) mass is 311 g/mol. The molecule has 2 aromatic rings. The minimum atomic E-state index is 0.0247. The van der Waals surface area contributed by atoms with Crippen LogP contribution in [0.5, 0.6) is 0 Å². The lowest BCUT2D eigenvalue weighted by Crippen LogP contribution is -2.45. The van der Waals surface area contributed by atoms with Gasteiger partial charge in [-0.2, -0.15) is 0 Å². The first-order valence-electron chi connectivity index (χ1n) is 7.85. The quantitative estimate of drug-likeness (QED) is 0.914. The maximum absolute atomic E-state index is 12.2. The summed E-state index contributed by atoms with van der Waals surface area (Å²) in [6.45, 7) is 2.94. The molecule has 5 heteroatoms. The molecule has 3 rings (SSSR count). The maximum Gasteiger partial charge on any atom is 0.234 e. The second-order valence-electron chi connectivity index (χ2n) is 5.61. The molecule has 1 saturated heterocycles. The third kappa shape index (κ3) is 4.37. The van der Waals surface area contributed by atoms with Gasteiger partial charge in [0.2, 0.25) is 5.91 Å². The molecule has 1 aromatic carbocycles. The lowest BCUT2D eigenvalue weighted by atomic mass is 10.1. The highest BCUT2D eigenvalue weighted by Crippen LogP contribution is 2.23. The van der Waals surface area contributed by atoms with E-state index in [4.69, 9.17) is 4.74 Å². The molecule has 0 radical (unpaired) electrons. The summed E-state index contributed by atoms with van der Waals surface area (Å²) in [5, 5.41) is 2.96. The number of nitrogens with one attached hydrogen (secondary N) is 1. The van der Waals surface area contributed by atoms with Crippen molar-refractivity contribution in [2.75, 3.05) is 26.3 Å². The van der Waals surface area contributed by atoms with Crippen molar-refractivity contribution in [3.8, 4) is 0 Å². The maximum atomic E-state index is 12.2. The van der Waals surface area contributed by atoms with E-state index >= 15 is 0 Å². The summed E-state index contributed by atoms with van der Waals surface area (Å²) in [4.78, 5) is 18.5. The summed E-state index contributed by atoms with van der Waals surface area (Å²) in [7, 11) is 0. The van der Waals surface area contributed by atoms with Gasteiger partial charge < -0.3 is 10.1 Å². The predicted molar refractivity (Wildman–Crippen MR) is 87.7 cm³/mol. The fraction of sp³-hybridized carbons (Fsp3) is 0.333. The lowest BCUT2D eigenvalue weighted by molar-refractivity contribution is -0.124. The van der Waals surface area contributed by atoms with E-state index in [9.17, 15) is 4.79 Å². The van der Waals surface area contributed by atoms with Crippen molar-refractivity contribution in [1.29, 1.82) is 0 Å². The molecular formula is C18H21N3O2. The highest BCUT2D eigenvalue weighted by Gasteiger charge is 2.25. The van der Waals surface area contributed by atoms with Crippen LogP contribution in [0.15, 0.2) is 54.9 Å². The van der Waals surface area contributed by atoms with Crippen LogP contribution < -0.4 is 5.32 Å². The molecule has 1 aromatic heterocycles. The number of aromatic nitrogens is 1. The average molecular weight is 311 g/mol. The third-order valence-electron chi connectivity index (χ3n) is 3.98. The van der Waals surface area contributed by atoms with E-state index in [1.54, 1.807) is 12.4 Å². The standard InChI is InChI=1S/C18H21N3O2/c22-18(20-12-15-5-4-8-19-11-15)13-21-9-10-23-14-17(21)16-6-2-1-3-7-16/h1-8,11,17H,9-10,12-14H2,(H,20,22). The summed E-state index contributed by atoms with van der Waals surface area (Å²) in [5.41, 5.74) is 2.19. The number of benzene rings is 1. The van der Waals surface area contributed by atoms with E-state index in [1.807, 2.05) is 30.3 Å². The van der Waals surface area contributed by atoms with Crippen molar-refractivity contribution >= 4 is 5.91 Å². The largest absolute Gasteiger partial charge is 0.378 e. The van der Waals surface area contributed by atoms with Crippen molar-refractivity contribution in [3.05, 3.63) is 66.0 Å². The Kier molecular flexibility index (Phi) is 5.34. The van der Waals surface area contributed by atoms with Crippen LogP contribution in [0.2, 0.25) is 0 Å². The molecule has 0 saturated carbocycles. The summed E-state index contributed by atoms with van der Waals surface area (Å²) in [5.74, 6) is 0.0247. The molecular weight excluding hydrogens is 290 g/mol. The molecule has 1 amide bonds. The molecule has 1 N–H and O–H groups in total. The highest BCUT2D eigenvalue weighted by atomic mass is 16.5. The summed E-state index contributed by atoms with van der Waals surface area (Å²) >= 11 is 0. The molecule has 1 aliphatic rings. The van der Waals surface area contributed by atoms with Crippen LogP contribution in [-0.4, -0.2) is 42.1 Å². The molecule has 0 spiro atoms. The molecule has 120 valence electrons. The highest BCUT2D eigenvalue weighted by molar-refractivity contribution is 5.78. The van der Waals surface area contributed by atoms with Crippen LogP contribution >= 0.6 is 0 Å². The van der Waals surface area contributed by atoms with Crippen molar-refractivity contribution in [2.24, 2.45) is 0 Å². The number of nitrogens with zero attached hydrogens (tertiary/aromatic N) is 2. The van der Waals surface area contributed by atoms with E-state index in [1.165, 1.54) is 5.56 Å². The number of morpholine rings is 1. The number of hydrogen-bond donors (Lipinski definition) is 1. The lowest BCUT2D eigenvalue weighted by Gasteiger charge is -2.35. The third-order valence-corrected chi connectivity index (χ3v) is 3.98. The Labute approximate surface area is 136 Å². The van der Waals surface area contributed by atoms with E-state index in [-0.39, 0.29) is 11.9 Å². The predicted octanol–water partition coefficient (Wildman–Crippen LogP) is 1.77. The number of ether oxygens (including phenoxy) is 1. The van der Waals surface area contributed by atoms with Gasteiger partial charge in [0.15, 0.2) is 0 Å². The first-order valence-corrected chi connectivity index (χ1v) is 7.85. The Bertz CT molecular complexity index is 619. The Balaban J connectivity index is 1.57. The van der Waals surface area contributed by atoms with Crippen molar-refractivity contribution in [1.82, 2.24) is 15.2 Å². The van der Waals surface area contributed by atoms with Crippen molar-refractivity contribution < 1.29 is 9.53 Å². The fourth-order valence-corrected chi connectivity index (χ4v) is 2.75. The van der Waals surface area contributed by atoms with Gasteiger partial charge in [-0.05, 0) is 17.2 Å². The van der Waals surface area contributed by atoms with Crippen molar-refractivity contribution in [3.63, 3.8) is 0 Å². The number of carbonyl (C=O) groups excluding carboxylic acids is 1. The van der Waals surface area contributed by atoms with Crippen LogP contribution in [0, 0.1) is 0 Å². The second-order valence-corrected chi connectivity index (χ2v) is 5.61. The van der Waals surface area contributed by atoms with Gasteiger partial charge in [0.1, 0.15) is 0 Å². The number of pyridine rings is 1. The number of hydrogen-bond acceptors (Lipinski definition) is 4. The molecule has 23 heavy (non-hydrogen) atoms. The Morgan fingerprint density at radius 2 is 2.13 bits per heavy atom. The summed E-state index contributed by atoms with van der Waals surface area (Å²) in [6, 6.07) is 14.2.